The van der Waals surface area contributed by atoms with Gasteiger partial charge in [-0.3, -0.25) is 4.68 Å². The minimum atomic E-state index is -1.44. The average molecular weight is 283 g/mol. The Morgan fingerprint density at radius 3 is 2.20 bits per heavy atom. The van der Waals surface area contributed by atoms with Gasteiger partial charge in [-0.05, 0) is 31.5 Å². The van der Waals surface area contributed by atoms with Crippen molar-refractivity contribution in [3.05, 3.63) is 52.1 Å². The third kappa shape index (κ3) is 2.85. The summed E-state index contributed by atoms with van der Waals surface area (Å²) < 4.78 is 40.7. The van der Waals surface area contributed by atoms with Gasteiger partial charge in [0, 0.05) is 31.4 Å². The van der Waals surface area contributed by atoms with Gasteiger partial charge < -0.3 is 5.32 Å². The Bertz CT molecular complexity index is 612. The Hall–Kier alpha value is -1.82. The van der Waals surface area contributed by atoms with Gasteiger partial charge in [-0.15, -0.1) is 0 Å². The SMILES string of the molecule is Cc1nn(C)c(C)c1CNCc1cc(F)c(F)c(F)c1. The van der Waals surface area contributed by atoms with Crippen molar-refractivity contribution in [2.24, 2.45) is 7.05 Å². The van der Waals surface area contributed by atoms with E-state index in [0.29, 0.717) is 12.1 Å². The summed E-state index contributed by atoms with van der Waals surface area (Å²) in [5.41, 5.74) is 3.36. The minimum absolute atomic E-state index is 0.252. The maximum Gasteiger partial charge on any atom is 0.194 e. The third-order valence-electron chi connectivity index (χ3n) is 3.33. The molecule has 0 spiro atoms. The lowest BCUT2D eigenvalue weighted by molar-refractivity contribution is 0.444. The van der Waals surface area contributed by atoms with Crippen molar-refractivity contribution in [2.45, 2.75) is 26.9 Å². The summed E-state index contributed by atoms with van der Waals surface area (Å²) in [6, 6.07) is 1.99. The maximum absolute atomic E-state index is 13.1. The number of halogens is 3. The van der Waals surface area contributed by atoms with E-state index >= 15 is 0 Å². The van der Waals surface area contributed by atoms with Crippen molar-refractivity contribution < 1.29 is 13.2 Å². The lowest BCUT2D eigenvalue weighted by atomic mass is 10.1. The third-order valence-corrected chi connectivity index (χ3v) is 3.33. The van der Waals surface area contributed by atoms with Crippen molar-refractivity contribution in [1.29, 1.82) is 0 Å². The minimum Gasteiger partial charge on any atom is -0.308 e. The molecule has 108 valence electrons. The highest BCUT2D eigenvalue weighted by Crippen LogP contribution is 2.14. The van der Waals surface area contributed by atoms with Crippen molar-refractivity contribution >= 4 is 0 Å². The second kappa shape index (κ2) is 5.66. The molecule has 0 aliphatic carbocycles. The fourth-order valence-corrected chi connectivity index (χ4v) is 2.12. The van der Waals surface area contributed by atoms with E-state index in [9.17, 15) is 13.2 Å². The molecule has 0 radical (unpaired) electrons. The largest absolute Gasteiger partial charge is 0.308 e. The molecule has 0 unspecified atom stereocenters. The van der Waals surface area contributed by atoms with Crippen LogP contribution in [-0.4, -0.2) is 9.78 Å². The fourth-order valence-electron chi connectivity index (χ4n) is 2.12. The molecule has 2 rings (SSSR count). The summed E-state index contributed by atoms with van der Waals surface area (Å²) in [5.74, 6) is -3.78. The zero-order chi connectivity index (χ0) is 14.9. The quantitative estimate of drug-likeness (QED) is 0.874. The number of hydrogen-bond acceptors (Lipinski definition) is 2. The van der Waals surface area contributed by atoms with Crippen LogP contribution in [0.4, 0.5) is 13.2 Å². The summed E-state index contributed by atoms with van der Waals surface area (Å²) >= 11 is 0. The van der Waals surface area contributed by atoms with Gasteiger partial charge in [0.1, 0.15) is 0 Å². The molecule has 0 fully saturated rings. The first kappa shape index (κ1) is 14.6. The van der Waals surface area contributed by atoms with Gasteiger partial charge >= 0.3 is 0 Å². The van der Waals surface area contributed by atoms with Crippen molar-refractivity contribution in [3.63, 3.8) is 0 Å². The highest BCUT2D eigenvalue weighted by molar-refractivity contribution is 5.24. The molecule has 1 N–H and O–H groups in total. The highest BCUT2D eigenvalue weighted by Gasteiger charge is 2.11. The summed E-state index contributed by atoms with van der Waals surface area (Å²) in [4.78, 5) is 0. The van der Waals surface area contributed by atoms with Crippen molar-refractivity contribution in [1.82, 2.24) is 15.1 Å². The van der Waals surface area contributed by atoms with E-state index < -0.39 is 17.5 Å². The van der Waals surface area contributed by atoms with Crippen LogP contribution in [0.25, 0.3) is 0 Å². The molecule has 0 aliphatic heterocycles. The van der Waals surface area contributed by atoms with Gasteiger partial charge in [0.15, 0.2) is 17.5 Å². The van der Waals surface area contributed by atoms with Gasteiger partial charge in [0.2, 0.25) is 0 Å². The summed E-state index contributed by atoms with van der Waals surface area (Å²) in [5, 5.41) is 7.36. The van der Waals surface area contributed by atoms with Crippen LogP contribution in [0.1, 0.15) is 22.5 Å². The van der Waals surface area contributed by atoms with Gasteiger partial charge in [0.05, 0.1) is 5.69 Å². The van der Waals surface area contributed by atoms with E-state index in [0.717, 1.165) is 29.1 Å². The summed E-state index contributed by atoms with van der Waals surface area (Å²) in [6.45, 7) is 4.64. The zero-order valence-electron chi connectivity index (χ0n) is 11.6. The molecule has 1 heterocycles. The van der Waals surface area contributed by atoms with Gasteiger partial charge in [-0.25, -0.2) is 13.2 Å². The molecule has 20 heavy (non-hydrogen) atoms. The van der Waals surface area contributed by atoms with E-state index in [2.05, 4.69) is 10.4 Å². The topological polar surface area (TPSA) is 29.9 Å². The Balaban J connectivity index is 2.03. The normalized spacial score (nSPS) is 11.1. The van der Waals surface area contributed by atoms with Crippen LogP contribution in [0.5, 0.6) is 0 Å². The Labute approximate surface area is 115 Å². The number of aryl methyl sites for hydroxylation is 2. The second-order valence-corrected chi connectivity index (χ2v) is 4.75. The standard InChI is InChI=1S/C14H16F3N3/c1-8-11(9(2)20(3)19-8)7-18-6-10-4-12(15)14(17)13(16)5-10/h4-5,18H,6-7H2,1-3H3. The lowest BCUT2D eigenvalue weighted by Crippen LogP contribution is -2.14. The molecule has 0 bridgehead atoms. The predicted molar refractivity (Wildman–Crippen MR) is 69.5 cm³/mol. The van der Waals surface area contributed by atoms with Gasteiger partial charge in [-0.2, -0.15) is 5.10 Å². The van der Waals surface area contributed by atoms with Crippen LogP contribution < -0.4 is 5.32 Å². The van der Waals surface area contributed by atoms with Crippen LogP contribution in [0, 0.1) is 31.3 Å². The number of aromatic nitrogens is 2. The molecule has 0 aliphatic rings. The number of rotatable bonds is 4. The number of nitrogens with one attached hydrogen (secondary N) is 1. The van der Waals surface area contributed by atoms with Gasteiger partial charge in [-0.1, -0.05) is 0 Å². The Kier molecular flexibility index (Phi) is 4.13. The molecule has 2 aromatic rings. The van der Waals surface area contributed by atoms with Crippen LogP contribution in [-0.2, 0) is 20.1 Å². The second-order valence-electron chi connectivity index (χ2n) is 4.75. The lowest BCUT2D eigenvalue weighted by Gasteiger charge is -2.07. The van der Waals surface area contributed by atoms with Crippen LogP contribution in [0.2, 0.25) is 0 Å². The van der Waals surface area contributed by atoms with Gasteiger partial charge in [0.25, 0.3) is 0 Å². The molecular weight excluding hydrogens is 267 g/mol. The van der Waals surface area contributed by atoms with E-state index in [1.54, 1.807) is 4.68 Å². The molecule has 3 nitrogen and oxygen atoms in total. The van der Waals surface area contributed by atoms with Crippen LogP contribution in [0.15, 0.2) is 12.1 Å². The Morgan fingerprint density at radius 1 is 1.10 bits per heavy atom. The number of benzene rings is 1. The first-order valence-corrected chi connectivity index (χ1v) is 6.23. The molecule has 6 heteroatoms. The summed E-state index contributed by atoms with van der Waals surface area (Å²) in [7, 11) is 1.86. The smallest absolute Gasteiger partial charge is 0.194 e. The Morgan fingerprint density at radius 2 is 1.70 bits per heavy atom. The van der Waals surface area contributed by atoms with Crippen molar-refractivity contribution in [2.75, 3.05) is 0 Å². The summed E-state index contributed by atoms with van der Waals surface area (Å²) in [6.07, 6.45) is 0. The highest BCUT2D eigenvalue weighted by atomic mass is 19.2. The average Bonchev–Trinajstić information content (AvgIpc) is 2.62. The van der Waals surface area contributed by atoms with Crippen LogP contribution in [0.3, 0.4) is 0 Å². The van der Waals surface area contributed by atoms with Crippen LogP contribution >= 0.6 is 0 Å². The molecule has 0 saturated carbocycles. The fraction of sp³-hybridized carbons (Fsp3) is 0.357. The van der Waals surface area contributed by atoms with E-state index in [1.165, 1.54) is 0 Å². The number of hydrogen-bond donors (Lipinski definition) is 1. The predicted octanol–water partition coefficient (Wildman–Crippen LogP) is 2.74. The molecule has 0 saturated heterocycles. The zero-order valence-corrected chi connectivity index (χ0v) is 11.6. The molecule has 0 atom stereocenters. The molecular formula is C14H16F3N3. The molecule has 1 aromatic carbocycles. The maximum atomic E-state index is 13.1. The number of nitrogens with zero attached hydrogens (tertiary/aromatic N) is 2. The molecule has 0 amide bonds. The van der Waals surface area contributed by atoms with E-state index in [4.69, 9.17) is 0 Å². The van der Waals surface area contributed by atoms with E-state index in [-0.39, 0.29) is 6.54 Å². The van der Waals surface area contributed by atoms with Crippen molar-refractivity contribution in [3.8, 4) is 0 Å². The first-order valence-electron chi connectivity index (χ1n) is 6.23. The first-order chi connectivity index (χ1) is 9.40. The monoisotopic (exact) mass is 283 g/mol. The van der Waals surface area contributed by atoms with E-state index in [1.807, 2.05) is 20.9 Å². The molecule has 1 aromatic heterocycles.